The molecule has 6 nitrogen and oxygen atoms in total. The van der Waals surface area contributed by atoms with Crippen molar-refractivity contribution in [3.05, 3.63) is 40.0 Å². The van der Waals surface area contributed by atoms with E-state index in [-0.39, 0.29) is 5.69 Å². The van der Waals surface area contributed by atoms with Crippen LogP contribution in [0.3, 0.4) is 0 Å². The molecule has 18 heavy (non-hydrogen) atoms. The molecule has 1 rings (SSSR count). The van der Waals surface area contributed by atoms with E-state index in [4.69, 9.17) is 5.11 Å². The van der Waals surface area contributed by atoms with E-state index >= 15 is 0 Å². The number of rotatable bonds is 5. The number of aliphatic carboxylic acids is 1. The van der Waals surface area contributed by atoms with Crippen LogP contribution in [0.2, 0.25) is 0 Å². The van der Waals surface area contributed by atoms with Crippen molar-refractivity contribution in [3.8, 4) is 0 Å². The molecule has 0 aliphatic rings. The van der Waals surface area contributed by atoms with Crippen LogP contribution in [-0.2, 0) is 4.79 Å². The number of nitro benzene ring substituents is 1. The maximum atomic E-state index is 10.7. The van der Waals surface area contributed by atoms with E-state index in [1.165, 1.54) is 18.2 Å². The van der Waals surface area contributed by atoms with Gasteiger partial charge in [0, 0.05) is 43.1 Å². The Bertz CT molecular complexity index is 497. The van der Waals surface area contributed by atoms with Gasteiger partial charge in [-0.2, -0.15) is 0 Å². The van der Waals surface area contributed by atoms with E-state index in [0.29, 0.717) is 12.1 Å². The van der Waals surface area contributed by atoms with Gasteiger partial charge < -0.3 is 10.0 Å². The number of nitrogens with zero attached hydrogens (tertiary/aromatic N) is 2. The molecule has 1 N–H and O–H groups in total. The largest absolute Gasteiger partial charge is 0.478 e. The van der Waals surface area contributed by atoms with Gasteiger partial charge in [0.1, 0.15) is 0 Å². The van der Waals surface area contributed by atoms with Crippen molar-refractivity contribution >= 4 is 23.4 Å². The molecule has 0 radical (unpaired) electrons. The molecule has 0 heterocycles. The molecule has 0 aliphatic heterocycles. The Labute approximate surface area is 104 Å². The molecule has 6 heteroatoms. The van der Waals surface area contributed by atoms with Gasteiger partial charge in [0.25, 0.3) is 5.69 Å². The minimum absolute atomic E-state index is 0.0618. The van der Waals surface area contributed by atoms with Gasteiger partial charge >= 0.3 is 5.97 Å². The standard InChI is InChI=1S/C12H14N2O4/c1-3-13(2)11-6-5-10(14(17)18)8-9(11)4-7-12(15)16/h4-8H,3H2,1-2H3,(H,15,16)/b7-4+. The molecule has 0 atom stereocenters. The highest BCUT2D eigenvalue weighted by Crippen LogP contribution is 2.25. The predicted octanol–water partition coefficient (Wildman–Crippen LogP) is 2.15. The third-order valence-corrected chi connectivity index (χ3v) is 2.51. The Morgan fingerprint density at radius 3 is 2.72 bits per heavy atom. The highest BCUT2D eigenvalue weighted by Gasteiger charge is 2.11. The van der Waals surface area contributed by atoms with Gasteiger partial charge in [-0.25, -0.2) is 4.79 Å². The first-order valence-electron chi connectivity index (χ1n) is 5.36. The summed E-state index contributed by atoms with van der Waals surface area (Å²) >= 11 is 0. The smallest absolute Gasteiger partial charge is 0.328 e. The lowest BCUT2D eigenvalue weighted by molar-refractivity contribution is -0.384. The third-order valence-electron chi connectivity index (χ3n) is 2.51. The summed E-state index contributed by atoms with van der Waals surface area (Å²) in [5, 5.41) is 19.3. The zero-order valence-corrected chi connectivity index (χ0v) is 10.2. The highest BCUT2D eigenvalue weighted by atomic mass is 16.6. The fourth-order valence-electron chi connectivity index (χ4n) is 1.47. The molecule has 1 aromatic carbocycles. The maximum Gasteiger partial charge on any atom is 0.328 e. The summed E-state index contributed by atoms with van der Waals surface area (Å²) in [6.07, 6.45) is 2.32. The summed E-state index contributed by atoms with van der Waals surface area (Å²) in [6.45, 7) is 2.65. The topological polar surface area (TPSA) is 83.7 Å². The number of carbonyl (C=O) groups is 1. The van der Waals surface area contributed by atoms with Crippen LogP contribution in [-0.4, -0.2) is 29.6 Å². The molecule has 0 unspecified atom stereocenters. The van der Waals surface area contributed by atoms with Crippen molar-refractivity contribution in [1.82, 2.24) is 0 Å². The quantitative estimate of drug-likeness (QED) is 0.491. The number of benzene rings is 1. The van der Waals surface area contributed by atoms with Crippen molar-refractivity contribution in [2.24, 2.45) is 0 Å². The Kier molecular flexibility index (Phi) is 4.42. The fraction of sp³-hybridized carbons (Fsp3) is 0.250. The SMILES string of the molecule is CCN(C)c1ccc([N+](=O)[O-])cc1/C=C/C(=O)O. The van der Waals surface area contributed by atoms with Crippen LogP contribution in [0.4, 0.5) is 11.4 Å². The second-order valence-electron chi connectivity index (χ2n) is 3.69. The van der Waals surface area contributed by atoms with Gasteiger partial charge in [0.2, 0.25) is 0 Å². The predicted molar refractivity (Wildman–Crippen MR) is 68.7 cm³/mol. The van der Waals surface area contributed by atoms with Crippen LogP contribution >= 0.6 is 0 Å². The molecule has 0 aromatic heterocycles. The van der Waals surface area contributed by atoms with Crippen molar-refractivity contribution < 1.29 is 14.8 Å². The number of hydrogen-bond donors (Lipinski definition) is 1. The van der Waals surface area contributed by atoms with E-state index in [1.54, 1.807) is 6.07 Å². The first-order valence-corrected chi connectivity index (χ1v) is 5.36. The summed E-state index contributed by atoms with van der Waals surface area (Å²) < 4.78 is 0. The zero-order chi connectivity index (χ0) is 13.7. The van der Waals surface area contributed by atoms with Crippen molar-refractivity contribution in [1.29, 1.82) is 0 Å². The molecule has 0 aliphatic carbocycles. The van der Waals surface area contributed by atoms with E-state index < -0.39 is 10.9 Å². The van der Waals surface area contributed by atoms with Gasteiger partial charge in [-0.1, -0.05) is 0 Å². The summed E-state index contributed by atoms with van der Waals surface area (Å²) in [4.78, 5) is 22.6. The Morgan fingerprint density at radius 2 is 2.22 bits per heavy atom. The maximum absolute atomic E-state index is 10.7. The molecule has 96 valence electrons. The monoisotopic (exact) mass is 250 g/mol. The molecular weight excluding hydrogens is 236 g/mol. The number of hydrogen-bond acceptors (Lipinski definition) is 4. The molecule has 0 saturated carbocycles. The highest BCUT2D eigenvalue weighted by molar-refractivity contribution is 5.87. The number of carboxylic acid groups (broad SMARTS) is 1. The van der Waals surface area contributed by atoms with Crippen LogP contribution in [0.15, 0.2) is 24.3 Å². The molecule has 1 aromatic rings. The van der Waals surface area contributed by atoms with E-state index in [0.717, 1.165) is 11.8 Å². The minimum atomic E-state index is -1.09. The lowest BCUT2D eigenvalue weighted by Gasteiger charge is -2.19. The fourth-order valence-corrected chi connectivity index (χ4v) is 1.47. The summed E-state index contributed by atoms with van der Waals surface area (Å²) in [5.41, 5.74) is 1.20. The zero-order valence-electron chi connectivity index (χ0n) is 10.2. The van der Waals surface area contributed by atoms with Crippen molar-refractivity contribution in [2.75, 3.05) is 18.5 Å². The Balaban J connectivity index is 3.26. The molecule has 0 fully saturated rings. The molecule has 0 saturated heterocycles. The van der Waals surface area contributed by atoms with E-state index in [1.807, 2.05) is 18.9 Å². The second-order valence-corrected chi connectivity index (χ2v) is 3.69. The van der Waals surface area contributed by atoms with Gasteiger partial charge in [-0.15, -0.1) is 0 Å². The Hall–Kier alpha value is -2.37. The minimum Gasteiger partial charge on any atom is -0.478 e. The van der Waals surface area contributed by atoms with Gasteiger partial charge in [-0.3, -0.25) is 10.1 Å². The van der Waals surface area contributed by atoms with Crippen molar-refractivity contribution in [2.45, 2.75) is 6.92 Å². The van der Waals surface area contributed by atoms with E-state index in [9.17, 15) is 14.9 Å². The van der Waals surface area contributed by atoms with Crippen LogP contribution < -0.4 is 4.90 Å². The van der Waals surface area contributed by atoms with Crippen LogP contribution in [0, 0.1) is 10.1 Å². The average molecular weight is 250 g/mol. The molecule has 0 amide bonds. The third kappa shape index (κ3) is 3.31. The van der Waals surface area contributed by atoms with Gasteiger partial charge in [0.05, 0.1) is 4.92 Å². The summed E-state index contributed by atoms with van der Waals surface area (Å²) in [7, 11) is 1.83. The lowest BCUT2D eigenvalue weighted by atomic mass is 10.1. The lowest BCUT2D eigenvalue weighted by Crippen LogP contribution is -2.16. The molecular formula is C12H14N2O4. The van der Waals surface area contributed by atoms with Gasteiger partial charge in [0.15, 0.2) is 0 Å². The molecule has 0 spiro atoms. The van der Waals surface area contributed by atoms with E-state index in [2.05, 4.69) is 0 Å². The Morgan fingerprint density at radius 1 is 1.56 bits per heavy atom. The second kappa shape index (κ2) is 5.81. The number of anilines is 1. The number of carboxylic acids is 1. The summed E-state index contributed by atoms with van der Waals surface area (Å²) in [5.74, 6) is -1.09. The first kappa shape index (κ1) is 13.7. The first-order chi connectivity index (χ1) is 8.45. The summed E-state index contributed by atoms with van der Waals surface area (Å²) in [6, 6.07) is 4.38. The van der Waals surface area contributed by atoms with Gasteiger partial charge in [-0.05, 0) is 19.1 Å². The number of non-ortho nitro benzene ring substituents is 1. The normalized spacial score (nSPS) is 10.6. The molecule has 0 bridgehead atoms. The van der Waals surface area contributed by atoms with Crippen molar-refractivity contribution in [3.63, 3.8) is 0 Å². The van der Waals surface area contributed by atoms with Crippen LogP contribution in [0.1, 0.15) is 12.5 Å². The number of nitro groups is 1. The average Bonchev–Trinajstić information content (AvgIpc) is 2.34. The van der Waals surface area contributed by atoms with Crippen LogP contribution in [0.5, 0.6) is 0 Å². The van der Waals surface area contributed by atoms with Crippen LogP contribution in [0.25, 0.3) is 6.08 Å².